The van der Waals surface area contributed by atoms with Gasteiger partial charge in [-0.15, -0.1) is 0 Å². The summed E-state index contributed by atoms with van der Waals surface area (Å²) < 4.78 is 5.75. The minimum atomic E-state index is 0.532. The molecule has 0 aliphatic rings. The van der Waals surface area contributed by atoms with E-state index in [1.807, 2.05) is 25.1 Å². The first-order chi connectivity index (χ1) is 9.69. The van der Waals surface area contributed by atoms with Crippen molar-refractivity contribution in [3.8, 4) is 5.75 Å². The lowest BCUT2D eigenvalue weighted by Crippen LogP contribution is -2.11. The Hall–Kier alpha value is -1.51. The smallest absolute Gasteiger partial charge is 0.138 e. The molecule has 0 unspecified atom stereocenters. The second-order valence-corrected chi connectivity index (χ2v) is 5.23. The molecule has 0 spiro atoms. The lowest BCUT2D eigenvalue weighted by molar-refractivity contribution is 0.306. The zero-order chi connectivity index (χ0) is 14.4. The van der Waals surface area contributed by atoms with Gasteiger partial charge in [-0.25, -0.2) is 0 Å². The molecule has 2 aromatic carbocycles. The van der Waals surface area contributed by atoms with E-state index in [4.69, 9.17) is 16.3 Å². The summed E-state index contributed by atoms with van der Waals surface area (Å²) >= 11 is 6.14. The average Bonchev–Trinajstić information content (AvgIpc) is 2.45. The average molecular weight is 290 g/mol. The maximum Gasteiger partial charge on any atom is 0.138 e. The van der Waals surface area contributed by atoms with Crippen LogP contribution in [0, 0.1) is 6.92 Å². The van der Waals surface area contributed by atoms with Crippen LogP contribution in [0.2, 0.25) is 5.02 Å². The maximum absolute atomic E-state index is 6.14. The Morgan fingerprint density at radius 2 is 1.75 bits per heavy atom. The fraction of sp³-hybridized carbons (Fsp3) is 0.294. The normalized spacial score (nSPS) is 10.6. The summed E-state index contributed by atoms with van der Waals surface area (Å²) in [6.45, 7) is 6.54. The van der Waals surface area contributed by atoms with Crippen LogP contribution < -0.4 is 10.1 Å². The van der Waals surface area contributed by atoms with Gasteiger partial charge in [0.05, 0.1) is 5.02 Å². The van der Waals surface area contributed by atoms with E-state index in [0.29, 0.717) is 11.6 Å². The fourth-order valence-electron chi connectivity index (χ4n) is 1.91. The molecule has 0 saturated carbocycles. The molecule has 106 valence electrons. The number of ether oxygens (including phenoxy) is 1. The van der Waals surface area contributed by atoms with Gasteiger partial charge < -0.3 is 10.1 Å². The van der Waals surface area contributed by atoms with E-state index in [2.05, 4.69) is 36.5 Å². The minimum absolute atomic E-state index is 0.532. The molecule has 0 atom stereocenters. The van der Waals surface area contributed by atoms with Crippen molar-refractivity contribution in [2.75, 3.05) is 6.54 Å². The molecule has 0 aliphatic carbocycles. The molecule has 0 fully saturated rings. The predicted octanol–water partition coefficient (Wildman–Crippen LogP) is 4.34. The van der Waals surface area contributed by atoms with Gasteiger partial charge in [0, 0.05) is 6.54 Å². The highest BCUT2D eigenvalue weighted by Crippen LogP contribution is 2.25. The van der Waals surface area contributed by atoms with Gasteiger partial charge in [0.15, 0.2) is 0 Å². The number of rotatable bonds is 6. The van der Waals surface area contributed by atoms with Crippen LogP contribution in [0.25, 0.3) is 0 Å². The first-order valence-electron chi connectivity index (χ1n) is 6.86. The van der Waals surface area contributed by atoms with E-state index in [-0.39, 0.29) is 0 Å². The van der Waals surface area contributed by atoms with E-state index < -0.39 is 0 Å². The molecule has 2 aromatic rings. The standard InChI is InChI=1S/C17H20ClNO/c1-3-19-11-14-5-7-15(8-6-14)12-20-17-9-4-13(2)10-16(17)18/h4-10,19H,3,11-12H2,1-2H3. The van der Waals surface area contributed by atoms with Crippen molar-refractivity contribution in [2.24, 2.45) is 0 Å². The van der Waals surface area contributed by atoms with E-state index in [9.17, 15) is 0 Å². The largest absolute Gasteiger partial charge is 0.487 e. The molecule has 1 N–H and O–H groups in total. The molecule has 0 saturated heterocycles. The topological polar surface area (TPSA) is 21.3 Å². The van der Waals surface area contributed by atoms with Gasteiger partial charge in [-0.05, 0) is 42.3 Å². The second-order valence-electron chi connectivity index (χ2n) is 4.82. The van der Waals surface area contributed by atoms with Crippen LogP contribution in [0.4, 0.5) is 0 Å². The van der Waals surface area contributed by atoms with E-state index in [1.54, 1.807) is 0 Å². The molecule has 2 nitrogen and oxygen atoms in total. The van der Waals surface area contributed by atoms with Gasteiger partial charge in [0.25, 0.3) is 0 Å². The molecular weight excluding hydrogens is 270 g/mol. The summed E-state index contributed by atoms with van der Waals surface area (Å²) in [5.41, 5.74) is 3.56. The SMILES string of the molecule is CCNCc1ccc(COc2ccc(C)cc2Cl)cc1. The molecule has 0 aliphatic heterocycles. The number of aryl methyl sites for hydroxylation is 1. The van der Waals surface area contributed by atoms with Gasteiger partial charge >= 0.3 is 0 Å². The molecule has 0 radical (unpaired) electrons. The number of halogens is 1. The second kappa shape index (κ2) is 7.32. The highest BCUT2D eigenvalue weighted by atomic mass is 35.5. The Kier molecular flexibility index (Phi) is 5.45. The van der Waals surface area contributed by atoms with Crippen molar-refractivity contribution in [1.82, 2.24) is 5.32 Å². The monoisotopic (exact) mass is 289 g/mol. The van der Waals surface area contributed by atoms with Crippen molar-refractivity contribution >= 4 is 11.6 Å². The highest BCUT2D eigenvalue weighted by molar-refractivity contribution is 6.32. The third-order valence-electron chi connectivity index (χ3n) is 3.08. The molecule has 0 aromatic heterocycles. The Balaban J connectivity index is 1.93. The number of nitrogens with one attached hydrogen (secondary N) is 1. The summed E-state index contributed by atoms with van der Waals surface area (Å²) in [6, 6.07) is 14.3. The van der Waals surface area contributed by atoms with Crippen LogP contribution in [0.1, 0.15) is 23.6 Å². The van der Waals surface area contributed by atoms with Crippen LogP contribution >= 0.6 is 11.6 Å². The van der Waals surface area contributed by atoms with Crippen LogP contribution in [-0.2, 0) is 13.2 Å². The molecule has 0 amide bonds. The molecule has 0 bridgehead atoms. The van der Waals surface area contributed by atoms with Crippen molar-refractivity contribution in [1.29, 1.82) is 0 Å². The van der Waals surface area contributed by atoms with Crippen LogP contribution in [0.5, 0.6) is 5.75 Å². The highest BCUT2D eigenvalue weighted by Gasteiger charge is 2.02. The Bertz CT molecular complexity index is 551. The van der Waals surface area contributed by atoms with Gasteiger partial charge in [-0.2, -0.15) is 0 Å². The summed E-state index contributed by atoms with van der Waals surface area (Å²) in [7, 11) is 0. The predicted molar refractivity (Wildman–Crippen MR) is 84.3 cm³/mol. The summed E-state index contributed by atoms with van der Waals surface area (Å²) in [6.07, 6.45) is 0. The van der Waals surface area contributed by atoms with Crippen molar-refractivity contribution in [2.45, 2.75) is 27.0 Å². The lowest BCUT2D eigenvalue weighted by atomic mass is 10.1. The quantitative estimate of drug-likeness (QED) is 0.854. The first-order valence-corrected chi connectivity index (χ1v) is 7.24. The molecule has 3 heteroatoms. The molecule has 20 heavy (non-hydrogen) atoms. The van der Waals surface area contributed by atoms with Gasteiger partial charge in [0.1, 0.15) is 12.4 Å². The summed E-state index contributed by atoms with van der Waals surface area (Å²) in [4.78, 5) is 0. The van der Waals surface area contributed by atoms with Crippen LogP contribution in [-0.4, -0.2) is 6.54 Å². The number of benzene rings is 2. The first kappa shape index (κ1) is 14.9. The van der Waals surface area contributed by atoms with Crippen molar-refractivity contribution in [3.05, 3.63) is 64.2 Å². The van der Waals surface area contributed by atoms with Crippen LogP contribution in [0.15, 0.2) is 42.5 Å². The van der Waals surface area contributed by atoms with E-state index in [0.717, 1.165) is 30.0 Å². The molecule has 0 heterocycles. The van der Waals surface area contributed by atoms with Gasteiger partial charge in [-0.3, -0.25) is 0 Å². The molecular formula is C17H20ClNO. The zero-order valence-electron chi connectivity index (χ0n) is 11.9. The van der Waals surface area contributed by atoms with Crippen molar-refractivity contribution in [3.63, 3.8) is 0 Å². The third kappa shape index (κ3) is 4.26. The molecule has 2 rings (SSSR count). The van der Waals surface area contributed by atoms with Gasteiger partial charge in [0.2, 0.25) is 0 Å². The van der Waals surface area contributed by atoms with Crippen LogP contribution in [0.3, 0.4) is 0 Å². The number of hydrogen-bond acceptors (Lipinski definition) is 2. The lowest BCUT2D eigenvalue weighted by Gasteiger charge is -2.09. The Labute approximate surface area is 125 Å². The third-order valence-corrected chi connectivity index (χ3v) is 3.38. The Morgan fingerprint density at radius 1 is 1.05 bits per heavy atom. The summed E-state index contributed by atoms with van der Waals surface area (Å²) in [5, 5.41) is 3.97. The van der Waals surface area contributed by atoms with E-state index >= 15 is 0 Å². The zero-order valence-corrected chi connectivity index (χ0v) is 12.7. The maximum atomic E-state index is 6.14. The fourth-order valence-corrected chi connectivity index (χ4v) is 2.20. The van der Waals surface area contributed by atoms with Gasteiger partial charge in [-0.1, -0.05) is 48.9 Å². The van der Waals surface area contributed by atoms with Crippen molar-refractivity contribution < 1.29 is 4.74 Å². The minimum Gasteiger partial charge on any atom is -0.487 e. The number of hydrogen-bond donors (Lipinski definition) is 1. The summed E-state index contributed by atoms with van der Waals surface area (Å²) in [5.74, 6) is 0.731. The van der Waals surface area contributed by atoms with E-state index in [1.165, 1.54) is 5.56 Å². The Morgan fingerprint density at radius 3 is 2.40 bits per heavy atom.